The quantitative estimate of drug-likeness (QED) is 0.772. The highest BCUT2D eigenvalue weighted by Gasteiger charge is 2.34. The summed E-state index contributed by atoms with van der Waals surface area (Å²) in [4.78, 5) is 19.2. The largest absolute Gasteiger partial charge is 0.444 e. The molecule has 1 aromatic heterocycles. The van der Waals surface area contributed by atoms with E-state index in [-0.39, 0.29) is 16.9 Å². The number of pyridine rings is 1. The first kappa shape index (κ1) is 19.6. The molecule has 1 aromatic rings. The fourth-order valence-corrected chi connectivity index (χ4v) is 2.87. The van der Waals surface area contributed by atoms with Crippen LogP contribution in [0.25, 0.3) is 0 Å². The molecule has 0 aromatic carbocycles. The summed E-state index contributed by atoms with van der Waals surface area (Å²) in [7, 11) is 1.70. The normalized spacial score (nSPS) is 18.4. The lowest BCUT2D eigenvalue weighted by Crippen LogP contribution is -2.39. The second kappa shape index (κ2) is 6.90. The van der Waals surface area contributed by atoms with Gasteiger partial charge in [-0.05, 0) is 33.3 Å². The maximum Gasteiger partial charge on any atom is 0.417 e. The first-order valence-corrected chi connectivity index (χ1v) is 8.20. The van der Waals surface area contributed by atoms with Crippen molar-refractivity contribution in [1.82, 2.24) is 9.88 Å². The molecule has 1 fully saturated rings. The number of hydrogen-bond acceptors (Lipinski definition) is 4. The first-order chi connectivity index (χ1) is 11.4. The minimum atomic E-state index is -4.49. The van der Waals surface area contributed by atoms with Crippen molar-refractivity contribution in [3.63, 3.8) is 0 Å². The minimum absolute atomic E-state index is 0.0759. The van der Waals surface area contributed by atoms with Gasteiger partial charge in [0.2, 0.25) is 0 Å². The topological polar surface area (TPSA) is 45.7 Å². The molecule has 0 saturated carbocycles. The number of ether oxygens (including phenoxy) is 1. The Kier molecular flexibility index (Phi) is 5.41. The molecule has 9 heteroatoms. The summed E-state index contributed by atoms with van der Waals surface area (Å²) in [5.74, 6) is 0.255. The van der Waals surface area contributed by atoms with E-state index < -0.39 is 23.4 Å². The zero-order chi connectivity index (χ0) is 19.0. The molecule has 1 atom stereocenters. The Balaban J connectivity index is 2.07. The molecule has 5 nitrogen and oxygen atoms in total. The number of anilines is 1. The summed E-state index contributed by atoms with van der Waals surface area (Å²) in [5, 5.41) is -0.0759. The van der Waals surface area contributed by atoms with Gasteiger partial charge in [0.25, 0.3) is 0 Å². The van der Waals surface area contributed by atoms with Gasteiger partial charge in [-0.2, -0.15) is 13.2 Å². The van der Waals surface area contributed by atoms with Crippen molar-refractivity contribution in [3.8, 4) is 0 Å². The van der Waals surface area contributed by atoms with Gasteiger partial charge in [-0.1, -0.05) is 11.6 Å². The number of halogens is 4. The lowest BCUT2D eigenvalue weighted by molar-refractivity contribution is -0.137. The number of amides is 1. The predicted octanol–water partition coefficient (Wildman–Crippen LogP) is 4.20. The van der Waals surface area contributed by atoms with Gasteiger partial charge in [0.05, 0.1) is 10.6 Å². The fourth-order valence-electron chi connectivity index (χ4n) is 2.57. The van der Waals surface area contributed by atoms with Crippen molar-refractivity contribution < 1.29 is 22.7 Å². The molecular formula is C16H21ClF3N3O2. The number of hydrogen-bond donors (Lipinski definition) is 0. The Morgan fingerprint density at radius 1 is 1.40 bits per heavy atom. The Morgan fingerprint density at radius 2 is 2.04 bits per heavy atom. The van der Waals surface area contributed by atoms with Crippen LogP contribution < -0.4 is 4.90 Å². The van der Waals surface area contributed by atoms with Crippen molar-refractivity contribution in [2.75, 3.05) is 25.0 Å². The van der Waals surface area contributed by atoms with Gasteiger partial charge in [-0.15, -0.1) is 0 Å². The molecule has 0 bridgehead atoms. The van der Waals surface area contributed by atoms with Crippen LogP contribution >= 0.6 is 11.6 Å². The summed E-state index contributed by atoms with van der Waals surface area (Å²) in [5.41, 5.74) is -1.48. The minimum Gasteiger partial charge on any atom is -0.444 e. The first-order valence-electron chi connectivity index (χ1n) is 7.82. The molecule has 140 valence electrons. The van der Waals surface area contributed by atoms with Gasteiger partial charge < -0.3 is 14.5 Å². The van der Waals surface area contributed by atoms with Gasteiger partial charge in [0.15, 0.2) is 0 Å². The third-order valence-electron chi connectivity index (χ3n) is 3.85. The summed E-state index contributed by atoms with van der Waals surface area (Å²) in [6, 6.07) is 0.760. The van der Waals surface area contributed by atoms with Crippen LogP contribution in [-0.4, -0.2) is 47.8 Å². The van der Waals surface area contributed by atoms with Crippen LogP contribution in [0.2, 0.25) is 5.02 Å². The second-order valence-electron chi connectivity index (χ2n) is 7.01. The smallest absolute Gasteiger partial charge is 0.417 e. The molecule has 0 unspecified atom stereocenters. The average Bonchev–Trinajstić information content (AvgIpc) is 2.93. The maximum atomic E-state index is 12.7. The molecule has 25 heavy (non-hydrogen) atoms. The summed E-state index contributed by atoms with van der Waals surface area (Å²) < 4.78 is 43.5. The van der Waals surface area contributed by atoms with Crippen LogP contribution in [0.1, 0.15) is 32.8 Å². The van der Waals surface area contributed by atoms with E-state index in [0.29, 0.717) is 19.5 Å². The number of likely N-dealkylation sites (N-methyl/N-ethyl adjacent to an activating group) is 1. The van der Waals surface area contributed by atoms with E-state index in [4.69, 9.17) is 16.3 Å². The van der Waals surface area contributed by atoms with Crippen molar-refractivity contribution in [2.24, 2.45) is 0 Å². The van der Waals surface area contributed by atoms with Crippen LogP contribution in [-0.2, 0) is 10.9 Å². The van der Waals surface area contributed by atoms with Gasteiger partial charge in [-0.3, -0.25) is 0 Å². The van der Waals surface area contributed by atoms with Crippen LogP contribution in [0, 0.1) is 0 Å². The number of rotatable bonds is 2. The van der Waals surface area contributed by atoms with Crippen molar-refractivity contribution in [2.45, 2.75) is 45.0 Å². The van der Waals surface area contributed by atoms with E-state index in [1.165, 1.54) is 0 Å². The second-order valence-corrected chi connectivity index (χ2v) is 7.41. The Hall–Kier alpha value is -1.70. The zero-order valence-electron chi connectivity index (χ0n) is 14.5. The van der Waals surface area contributed by atoms with Crippen LogP contribution in [0.4, 0.5) is 23.8 Å². The van der Waals surface area contributed by atoms with E-state index in [1.54, 1.807) is 37.6 Å². The molecule has 1 saturated heterocycles. The van der Waals surface area contributed by atoms with Gasteiger partial charge in [0.1, 0.15) is 11.4 Å². The highest BCUT2D eigenvalue weighted by atomic mass is 35.5. The molecule has 1 amide bonds. The monoisotopic (exact) mass is 379 g/mol. The summed E-state index contributed by atoms with van der Waals surface area (Å²) in [6.45, 7) is 6.26. The number of alkyl halides is 3. The van der Waals surface area contributed by atoms with E-state index in [9.17, 15) is 18.0 Å². The van der Waals surface area contributed by atoms with Gasteiger partial charge in [-0.25, -0.2) is 9.78 Å². The van der Waals surface area contributed by atoms with Crippen LogP contribution in [0.3, 0.4) is 0 Å². The SMILES string of the molecule is CN(c1ncc(C(F)(F)F)cc1Cl)[C@H]1CCN(C(=O)OC(C)(C)C)C1. The average molecular weight is 380 g/mol. The molecule has 0 spiro atoms. The van der Waals surface area contributed by atoms with E-state index in [2.05, 4.69) is 4.98 Å². The number of carbonyl (C=O) groups is 1. The van der Waals surface area contributed by atoms with E-state index in [1.807, 2.05) is 0 Å². The molecular weight excluding hydrogens is 359 g/mol. The van der Waals surface area contributed by atoms with Crippen LogP contribution in [0.15, 0.2) is 12.3 Å². The fraction of sp³-hybridized carbons (Fsp3) is 0.625. The Morgan fingerprint density at radius 3 is 2.56 bits per heavy atom. The van der Waals surface area contributed by atoms with Gasteiger partial charge in [0, 0.05) is 32.4 Å². The lowest BCUT2D eigenvalue weighted by Gasteiger charge is -2.28. The number of carbonyl (C=O) groups excluding carboxylic acids is 1. The molecule has 0 aliphatic carbocycles. The maximum absolute atomic E-state index is 12.7. The van der Waals surface area contributed by atoms with Crippen LogP contribution in [0.5, 0.6) is 0 Å². The summed E-state index contributed by atoms with van der Waals surface area (Å²) >= 11 is 5.99. The third-order valence-corrected chi connectivity index (χ3v) is 4.12. The molecule has 0 radical (unpaired) electrons. The van der Waals surface area contributed by atoms with Crippen molar-refractivity contribution in [3.05, 3.63) is 22.8 Å². The molecule has 0 N–H and O–H groups in total. The molecule has 1 aliphatic heterocycles. The predicted molar refractivity (Wildman–Crippen MR) is 88.9 cm³/mol. The molecule has 2 heterocycles. The van der Waals surface area contributed by atoms with E-state index >= 15 is 0 Å². The molecule has 1 aliphatic rings. The van der Waals surface area contributed by atoms with Crippen molar-refractivity contribution in [1.29, 1.82) is 0 Å². The number of aromatic nitrogens is 1. The highest BCUT2D eigenvalue weighted by Crippen LogP contribution is 2.34. The molecule has 2 rings (SSSR count). The van der Waals surface area contributed by atoms with Crippen molar-refractivity contribution >= 4 is 23.5 Å². The zero-order valence-corrected chi connectivity index (χ0v) is 15.3. The van der Waals surface area contributed by atoms with E-state index in [0.717, 1.165) is 12.3 Å². The highest BCUT2D eigenvalue weighted by molar-refractivity contribution is 6.33. The Labute approximate surface area is 149 Å². The number of likely N-dealkylation sites (tertiary alicyclic amines) is 1. The third kappa shape index (κ3) is 4.90. The van der Waals surface area contributed by atoms with Gasteiger partial charge >= 0.3 is 12.3 Å². The Bertz CT molecular complexity index is 646. The lowest BCUT2D eigenvalue weighted by atomic mass is 10.2. The summed E-state index contributed by atoms with van der Waals surface area (Å²) in [6.07, 6.45) is -3.49. The number of nitrogens with zero attached hydrogens (tertiary/aromatic N) is 3. The standard InChI is InChI=1S/C16H21ClF3N3O2/c1-15(2,3)25-14(24)23-6-5-11(9-23)22(4)13-12(17)7-10(8-21-13)16(18,19)20/h7-8,11H,5-6,9H2,1-4H3/t11-/m0/s1.